The first-order chi connectivity index (χ1) is 9.27. The van der Waals surface area contributed by atoms with Crippen LogP contribution in [-0.4, -0.2) is 36.0 Å². The number of hydrogen-bond donors (Lipinski definition) is 1. The average molecular weight is 264 g/mol. The maximum absolute atomic E-state index is 12.8. The molecule has 3 heteroatoms. The Bertz CT molecular complexity index is 325. The standard InChI is InChI=1S/C16H28N2O/c1-12-9-11-18(15-8-3-2-6-13(12)15)16(19)14-7-4-5-10-17-14/h12-15,17H,2-11H2,1H3/t12?,13?,14-,15?/m1/s1. The van der Waals surface area contributed by atoms with Gasteiger partial charge in [-0.1, -0.05) is 26.2 Å². The smallest absolute Gasteiger partial charge is 0.239 e. The summed E-state index contributed by atoms with van der Waals surface area (Å²) in [4.78, 5) is 15.0. The lowest BCUT2D eigenvalue weighted by atomic mass is 9.72. The Kier molecular flexibility index (Phi) is 4.11. The summed E-state index contributed by atoms with van der Waals surface area (Å²) in [6.07, 6.45) is 9.96. The third-order valence-electron chi connectivity index (χ3n) is 5.63. The van der Waals surface area contributed by atoms with Gasteiger partial charge in [0.05, 0.1) is 6.04 Å². The normalized spacial score (nSPS) is 39.7. The summed E-state index contributed by atoms with van der Waals surface area (Å²) in [6.45, 7) is 4.41. The minimum Gasteiger partial charge on any atom is -0.338 e. The van der Waals surface area contributed by atoms with Gasteiger partial charge in [-0.05, 0) is 50.5 Å². The molecule has 108 valence electrons. The van der Waals surface area contributed by atoms with Crippen molar-refractivity contribution in [3.63, 3.8) is 0 Å². The van der Waals surface area contributed by atoms with Crippen molar-refractivity contribution < 1.29 is 4.79 Å². The number of rotatable bonds is 1. The summed E-state index contributed by atoms with van der Waals surface area (Å²) in [6, 6.07) is 0.665. The van der Waals surface area contributed by atoms with Crippen molar-refractivity contribution in [3.05, 3.63) is 0 Å². The van der Waals surface area contributed by atoms with Gasteiger partial charge < -0.3 is 10.2 Å². The molecule has 2 aliphatic heterocycles. The van der Waals surface area contributed by atoms with Crippen LogP contribution < -0.4 is 5.32 Å². The van der Waals surface area contributed by atoms with E-state index in [9.17, 15) is 4.79 Å². The molecule has 0 spiro atoms. The van der Waals surface area contributed by atoms with Crippen molar-refractivity contribution in [3.8, 4) is 0 Å². The molecule has 0 aromatic rings. The van der Waals surface area contributed by atoms with E-state index < -0.39 is 0 Å². The summed E-state index contributed by atoms with van der Waals surface area (Å²) >= 11 is 0. The monoisotopic (exact) mass is 264 g/mol. The van der Waals surface area contributed by atoms with Crippen LogP contribution in [0.2, 0.25) is 0 Å². The number of likely N-dealkylation sites (tertiary alicyclic amines) is 1. The summed E-state index contributed by atoms with van der Waals surface area (Å²) in [5.41, 5.74) is 0. The summed E-state index contributed by atoms with van der Waals surface area (Å²) < 4.78 is 0. The number of carbonyl (C=O) groups excluding carboxylic acids is 1. The molecule has 1 aliphatic carbocycles. The Morgan fingerprint density at radius 1 is 1.05 bits per heavy atom. The van der Waals surface area contributed by atoms with Gasteiger partial charge in [0.25, 0.3) is 0 Å². The molecule has 1 amide bonds. The summed E-state index contributed by atoms with van der Waals surface area (Å²) in [5, 5.41) is 3.43. The third kappa shape index (κ3) is 2.67. The van der Waals surface area contributed by atoms with Gasteiger partial charge in [-0.15, -0.1) is 0 Å². The molecule has 3 rings (SSSR count). The second-order valence-electron chi connectivity index (χ2n) is 6.82. The fraction of sp³-hybridized carbons (Fsp3) is 0.938. The summed E-state index contributed by atoms with van der Waals surface area (Å²) in [7, 11) is 0. The molecule has 3 unspecified atom stereocenters. The van der Waals surface area contributed by atoms with E-state index in [1.807, 2.05) is 0 Å². The minimum absolute atomic E-state index is 0.115. The van der Waals surface area contributed by atoms with Crippen molar-refractivity contribution in [1.29, 1.82) is 0 Å². The number of nitrogens with zero attached hydrogens (tertiary/aromatic N) is 1. The maximum Gasteiger partial charge on any atom is 0.239 e. The Hall–Kier alpha value is -0.570. The van der Waals surface area contributed by atoms with Gasteiger partial charge in [0.15, 0.2) is 0 Å². The zero-order chi connectivity index (χ0) is 13.2. The fourth-order valence-electron chi connectivity index (χ4n) is 4.45. The van der Waals surface area contributed by atoms with Crippen LogP contribution in [0.15, 0.2) is 0 Å². The molecule has 0 bridgehead atoms. The zero-order valence-corrected chi connectivity index (χ0v) is 12.2. The van der Waals surface area contributed by atoms with Crippen LogP contribution in [0.4, 0.5) is 0 Å². The van der Waals surface area contributed by atoms with E-state index in [-0.39, 0.29) is 6.04 Å². The Labute approximate surface area is 117 Å². The lowest BCUT2D eigenvalue weighted by Crippen LogP contribution is -2.57. The molecule has 0 aromatic heterocycles. The number of fused-ring (bicyclic) bond motifs is 1. The van der Waals surface area contributed by atoms with Gasteiger partial charge in [0.1, 0.15) is 0 Å². The van der Waals surface area contributed by atoms with E-state index in [1.165, 1.54) is 44.9 Å². The zero-order valence-electron chi connectivity index (χ0n) is 12.2. The van der Waals surface area contributed by atoms with E-state index >= 15 is 0 Å². The topological polar surface area (TPSA) is 32.3 Å². The van der Waals surface area contributed by atoms with Crippen LogP contribution >= 0.6 is 0 Å². The van der Waals surface area contributed by atoms with E-state index in [0.717, 1.165) is 31.3 Å². The van der Waals surface area contributed by atoms with Gasteiger partial charge in [-0.25, -0.2) is 0 Å². The lowest BCUT2D eigenvalue weighted by molar-refractivity contribution is -0.141. The van der Waals surface area contributed by atoms with Gasteiger partial charge in [0, 0.05) is 12.6 Å². The molecule has 1 N–H and O–H groups in total. The molecule has 3 fully saturated rings. The van der Waals surface area contributed by atoms with Crippen molar-refractivity contribution in [2.24, 2.45) is 11.8 Å². The maximum atomic E-state index is 12.8. The highest BCUT2D eigenvalue weighted by Gasteiger charge is 2.41. The van der Waals surface area contributed by atoms with Crippen LogP contribution in [0.1, 0.15) is 58.3 Å². The molecule has 1 saturated carbocycles. The molecule has 19 heavy (non-hydrogen) atoms. The lowest BCUT2D eigenvalue weighted by Gasteiger charge is -2.48. The van der Waals surface area contributed by atoms with Crippen molar-refractivity contribution in [1.82, 2.24) is 10.2 Å². The largest absolute Gasteiger partial charge is 0.338 e. The highest BCUT2D eigenvalue weighted by atomic mass is 16.2. The van der Waals surface area contributed by atoms with Crippen LogP contribution in [0, 0.1) is 11.8 Å². The van der Waals surface area contributed by atoms with Crippen LogP contribution in [-0.2, 0) is 4.79 Å². The highest BCUT2D eigenvalue weighted by Crippen LogP contribution is 2.39. The second-order valence-corrected chi connectivity index (χ2v) is 6.82. The predicted molar refractivity (Wildman–Crippen MR) is 76.9 cm³/mol. The number of amides is 1. The van der Waals surface area contributed by atoms with Crippen molar-refractivity contribution >= 4 is 5.91 Å². The number of nitrogens with one attached hydrogen (secondary N) is 1. The molecule has 3 nitrogen and oxygen atoms in total. The Morgan fingerprint density at radius 3 is 2.63 bits per heavy atom. The summed E-state index contributed by atoms with van der Waals surface area (Å²) in [5.74, 6) is 1.99. The third-order valence-corrected chi connectivity index (χ3v) is 5.63. The van der Waals surface area contributed by atoms with Gasteiger partial charge in [-0.2, -0.15) is 0 Å². The molecule has 2 saturated heterocycles. The Balaban J connectivity index is 1.70. The van der Waals surface area contributed by atoms with Gasteiger partial charge >= 0.3 is 0 Å². The second kappa shape index (κ2) is 5.82. The van der Waals surface area contributed by atoms with Gasteiger partial charge in [0.2, 0.25) is 5.91 Å². The number of piperidine rings is 2. The van der Waals surface area contributed by atoms with Crippen LogP contribution in [0.25, 0.3) is 0 Å². The predicted octanol–water partition coefficient (Wildman–Crippen LogP) is 2.56. The van der Waals surface area contributed by atoms with Crippen LogP contribution in [0.3, 0.4) is 0 Å². The average Bonchev–Trinajstić information content (AvgIpc) is 2.48. The van der Waals surface area contributed by atoms with Crippen molar-refractivity contribution in [2.75, 3.05) is 13.1 Å². The quantitative estimate of drug-likeness (QED) is 0.789. The molecule has 4 atom stereocenters. The van der Waals surface area contributed by atoms with Crippen molar-refractivity contribution in [2.45, 2.75) is 70.4 Å². The van der Waals surface area contributed by atoms with Gasteiger partial charge in [-0.3, -0.25) is 4.79 Å². The molecule has 3 aliphatic rings. The molecular weight excluding hydrogens is 236 g/mol. The molecule has 0 aromatic carbocycles. The minimum atomic E-state index is 0.115. The van der Waals surface area contributed by atoms with E-state index in [1.54, 1.807) is 0 Å². The highest BCUT2D eigenvalue weighted by molar-refractivity contribution is 5.82. The van der Waals surface area contributed by atoms with E-state index in [2.05, 4.69) is 17.1 Å². The first kappa shape index (κ1) is 13.4. The molecule has 2 heterocycles. The SMILES string of the molecule is CC1CCN(C(=O)[C@H]2CCCCN2)C2CCCCC12. The number of carbonyl (C=O) groups is 1. The Morgan fingerprint density at radius 2 is 1.84 bits per heavy atom. The molecular formula is C16H28N2O. The van der Waals surface area contributed by atoms with E-state index in [4.69, 9.17) is 0 Å². The first-order valence-corrected chi connectivity index (χ1v) is 8.31. The first-order valence-electron chi connectivity index (χ1n) is 8.31. The van der Waals surface area contributed by atoms with Crippen LogP contribution in [0.5, 0.6) is 0 Å². The number of hydrogen-bond acceptors (Lipinski definition) is 2. The van der Waals surface area contributed by atoms with E-state index in [0.29, 0.717) is 11.9 Å². The molecule has 0 radical (unpaired) electrons. The fourth-order valence-corrected chi connectivity index (χ4v) is 4.45.